The van der Waals surface area contributed by atoms with Crippen LogP contribution in [0.3, 0.4) is 0 Å². The van der Waals surface area contributed by atoms with E-state index in [9.17, 15) is 50.3 Å². The standard InChI is InChI=1S/C16H20O5.C15H13NO3.C14H13F3O3.C14H12F2O3.C13H13FO2/c1-18-13-9-11(10-14(19-2)16(13)20-3)7-8-12-5-4-6-15(17)21-12;1-16-12-6-3-11(4-7-12)5-8-13-9-14(18-2)10-15(17)19-13;1-19-10-6-9(20-12(18)7-10)4-2-8-3-5-11(15)14(17)13(8)16;1-18-11-7-10(19-14(17)8-11)4-2-9-3-5-12(15)13(16)6-9;14-11-4-1-3-10(9-11)7-8-12-5-2-6-13(15)16-12/h4,6,9-10,12H,5,7-8H2,1-3H3;3-8,10,13H,9H2,2H3;3,5,7,9H,2,4,6H2,1H3;2-6,8,10H,7H2,1H3;1-4,6,9,12H,5,7-8H2/b;8-5+;;4-2+;/t;13-;9-;10-;/m.000./s1. The Bertz CT molecular complexity index is 3710. The number of carbonyl (C=O) groups is 5. The highest BCUT2D eigenvalue weighted by Gasteiger charge is 2.25. The lowest BCUT2D eigenvalue weighted by molar-refractivity contribution is -0.146. The van der Waals surface area contributed by atoms with Gasteiger partial charge in [-0.25, -0.2) is 55.2 Å². The summed E-state index contributed by atoms with van der Waals surface area (Å²) < 4.78 is 135. The number of carbonyl (C=O) groups excluding carboxylic acids is 5. The third-order valence-electron chi connectivity index (χ3n) is 14.5. The van der Waals surface area contributed by atoms with Crippen LogP contribution in [0.4, 0.5) is 32.0 Å². The number of esters is 5. The molecular formula is C72H71F6NO16. The number of nitrogens with zero attached hydrogens (tertiary/aromatic N) is 1. The molecule has 5 aliphatic rings. The Morgan fingerprint density at radius 2 is 0.968 bits per heavy atom. The lowest BCUT2D eigenvalue weighted by Crippen LogP contribution is -2.24. The fraction of sp³-hybridized carbons (Fsp3) is 0.306. The monoisotopic (exact) mass is 1320 g/mol. The Morgan fingerprint density at radius 3 is 1.47 bits per heavy atom. The Kier molecular flexibility index (Phi) is 29.3. The molecule has 0 saturated carbocycles. The van der Waals surface area contributed by atoms with E-state index in [4.69, 9.17) is 58.7 Å². The maximum Gasteiger partial charge on any atom is 0.334 e. The summed E-state index contributed by atoms with van der Waals surface area (Å²) in [6.07, 6.45) is 22.2. The van der Waals surface area contributed by atoms with Crippen LogP contribution < -0.4 is 14.2 Å². The normalized spacial score (nSPS) is 18.6. The van der Waals surface area contributed by atoms with Crippen LogP contribution in [-0.4, -0.2) is 103 Å². The molecule has 0 saturated heterocycles. The van der Waals surface area contributed by atoms with Crippen molar-refractivity contribution in [2.24, 2.45) is 0 Å². The second-order valence-corrected chi connectivity index (χ2v) is 21.2. The largest absolute Gasteiger partial charge is 0.501 e. The maximum atomic E-state index is 13.5. The number of benzene rings is 5. The van der Waals surface area contributed by atoms with Gasteiger partial charge in [-0.15, -0.1) is 0 Å². The minimum Gasteiger partial charge on any atom is -0.501 e. The molecule has 0 fully saturated rings. The van der Waals surface area contributed by atoms with E-state index < -0.39 is 53.2 Å². The SMILES string of the molecule is COC1=CC(=O)O[C@@H](/C=C/c2ccc(F)c(F)c2)C1.COC1=CC(=O)O[C@@H](CCc2ccc(F)c(F)c2F)C1.COc1cc(CCC2CC=CC(=O)O2)cc(OC)c1OC.O=C1C=CCC(CCc2cccc(F)c2)O1.[C-]#[N+]c1ccc(/C=C/[C@H]2CC(OC)=CC(=O)O2)cc1. The van der Waals surface area contributed by atoms with Gasteiger partial charge in [0.2, 0.25) is 5.75 Å². The van der Waals surface area contributed by atoms with Crippen LogP contribution in [0.2, 0.25) is 0 Å². The molecule has 0 aromatic heterocycles. The van der Waals surface area contributed by atoms with E-state index in [-0.39, 0.29) is 54.0 Å². The fourth-order valence-electron chi connectivity index (χ4n) is 9.59. The van der Waals surface area contributed by atoms with E-state index in [1.807, 2.05) is 54.6 Å². The summed E-state index contributed by atoms with van der Waals surface area (Å²) in [5.41, 5.74) is 4.08. The third kappa shape index (κ3) is 24.5. The summed E-state index contributed by atoms with van der Waals surface area (Å²) >= 11 is 0. The molecule has 0 aliphatic carbocycles. The van der Waals surface area contributed by atoms with E-state index in [1.165, 1.54) is 76.0 Å². The molecule has 502 valence electrons. The molecule has 0 N–H and O–H groups in total. The molecule has 5 heterocycles. The number of aryl methyl sites for hydroxylation is 3. The van der Waals surface area contributed by atoms with E-state index in [0.717, 1.165) is 73.4 Å². The number of halogens is 6. The van der Waals surface area contributed by atoms with Gasteiger partial charge < -0.3 is 52.1 Å². The van der Waals surface area contributed by atoms with Crippen molar-refractivity contribution in [2.75, 3.05) is 42.7 Å². The summed E-state index contributed by atoms with van der Waals surface area (Å²) in [7, 11) is 9.21. The van der Waals surface area contributed by atoms with Crippen molar-refractivity contribution in [3.63, 3.8) is 0 Å². The minimum absolute atomic E-state index is 0.0495. The topological polar surface area (TPSA) is 191 Å². The molecule has 5 aliphatic heterocycles. The second kappa shape index (κ2) is 37.9. The third-order valence-corrected chi connectivity index (χ3v) is 14.5. The second-order valence-electron chi connectivity index (χ2n) is 21.2. The molecule has 23 heteroatoms. The predicted octanol–water partition coefficient (Wildman–Crippen LogP) is 13.9. The van der Waals surface area contributed by atoms with Gasteiger partial charge in [0, 0.05) is 44.3 Å². The van der Waals surface area contributed by atoms with Gasteiger partial charge in [0.15, 0.2) is 46.3 Å². The zero-order valence-corrected chi connectivity index (χ0v) is 52.9. The summed E-state index contributed by atoms with van der Waals surface area (Å²) in [5, 5.41) is 0. The highest BCUT2D eigenvalue weighted by molar-refractivity contribution is 5.85. The van der Waals surface area contributed by atoms with E-state index in [2.05, 4.69) is 4.85 Å². The van der Waals surface area contributed by atoms with Crippen LogP contribution in [0.5, 0.6) is 17.2 Å². The minimum atomic E-state index is -1.49. The first-order valence-electron chi connectivity index (χ1n) is 29.8. The molecule has 5 aromatic rings. The summed E-state index contributed by atoms with van der Waals surface area (Å²) in [4.78, 5) is 59.3. The van der Waals surface area contributed by atoms with Crippen molar-refractivity contribution in [1.29, 1.82) is 0 Å². The first-order valence-corrected chi connectivity index (χ1v) is 29.8. The first-order chi connectivity index (χ1) is 45.7. The molecule has 2 unspecified atom stereocenters. The van der Waals surface area contributed by atoms with Crippen molar-refractivity contribution in [3.05, 3.63) is 237 Å². The van der Waals surface area contributed by atoms with Gasteiger partial charge in [-0.3, -0.25) is 0 Å². The van der Waals surface area contributed by atoms with Crippen molar-refractivity contribution in [3.8, 4) is 17.2 Å². The van der Waals surface area contributed by atoms with Crippen molar-refractivity contribution < 1.29 is 102 Å². The summed E-state index contributed by atoms with van der Waals surface area (Å²) in [6.45, 7) is 6.87. The Balaban J connectivity index is 0.000000188. The van der Waals surface area contributed by atoms with Gasteiger partial charge in [-0.2, -0.15) is 0 Å². The zero-order chi connectivity index (χ0) is 68.8. The molecule has 95 heavy (non-hydrogen) atoms. The van der Waals surface area contributed by atoms with Crippen LogP contribution in [0, 0.1) is 41.5 Å². The van der Waals surface area contributed by atoms with Crippen molar-refractivity contribution in [2.45, 2.75) is 101 Å². The zero-order valence-electron chi connectivity index (χ0n) is 52.9. The number of ether oxygens (including phenoxy) is 11. The average molecular weight is 1320 g/mol. The van der Waals surface area contributed by atoms with E-state index >= 15 is 0 Å². The van der Waals surface area contributed by atoms with Crippen molar-refractivity contribution >= 4 is 47.7 Å². The fourth-order valence-corrected chi connectivity index (χ4v) is 9.59. The summed E-state index contributed by atoms with van der Waals surface area (Å²) in [5.74, 6) is -4.42. The number of cyclic esters (lactones) is 5. The van der Waals surface area contributed by atoms with Gasteiger partial charge in [0.05, 0.1) is 67.5 Å². The summed E-state index contributed by atoms with van der Waals surface area (Å²) in [6, 6.07) is 23.2. The Labute approximate surface area is 546 Å². The van der Waals surface area contributed by atoms with Gasteiger partial charge in [-0.05, 0) is 121 Å². The highest BCUT2D eigenvalue weighted by atomic mass is 19.2. The molecule has 0 spiro atoms. The van der Waals surface area contributed by atoms with Crippen LogP contribution in [0.15, 0.2) is 163 Å². The Morgan fingerprint density at radius 1 is 0.474 bits per heavy atom. The van der Waals surface area contributed by atoms with Crippen LogP contribution in [-0.2, 0) is 81.1 Å². The molecular weight excluding hydrogens is 1250 g/mol. The number of methoxy groups -OCH3 is 6. The Hall–Kier alpha value is -10.5. The predicted molar refractivity (Wildman–Crippen MR) is 337 cm³/mol. The van der Waals surface area contributed by atoms with Crippen molar-refractivity contribution in [1.82, 2.24) is 0 Å². The number of hydrogen-bond acceptors (Lipinski definition) is 16. The smallest absolute Gasteiger partial charge is 0.334 e. The highest BCUT2D eigenvalue weighted by Crippen LogP contribution is 2.39. The van der Waals surface area contributed by atoms with Crippen LogP contribution in [0.25, 0.3) is 17.0 Å². The molecule has 5 atom stereocenters. The van der Waals surface area contributed by atoms with Crippen LogP contribution >= 0.6 is 0 Å². The van der Waals surface area contributed by atoms with E-state index in [0.29, 0.717) is 71.5 Å². The number of hydrogen-bond donors (Lipinski definition) is 0. The molecule has 5 aromatic carbocycles. The molecule has 0 amide bonds. The lowest BCUT2D eigenvalue weighted by atomic mass is 10.0. The van der Waals surface area contributed by atoms with Gasteiger partial charge in [-0.1, -0.05) is 72.8 Å². The molecule has 0 bridgehead atoms. The van der Waals surface area contributed by atoms with Gasteiger partial charge in [0.1, 0.15) is 53.6 Å². The molecule has 17 nitrogen and oxygen atoms in total. The van der Waals surface area contributed by atoms with E-state index in [1.54, 1.807) is 51.7 Å². The first kappa shape index (κ1) is 73.6. The quantitative estimate of drug-likeness (QED) is 0.0249. The molecule has 10 rings (SSSR count). The van der Waals surface area contributed by atoms with Crippen LogP contribution in [0.1, 0.15) is 79.2 Å². The van der Waals surface area contributed by atoms with Gasteiger partial charge >= 0.3 is 29.8 Å². The maximum absolute atomic E-state index is 13.5. The lowest BCUT2D eigenvalue weighted by Gasteiger charge is -2.22. The molecule has 0 radical (unpaired) electrons. The number of rotatable bonds is 19. The van der Waals surface area contributed by atoms with Gasteiger partial charge in [0.25, 0.3) is 0 Å². The average Bonchev–Trinajstić information content (AvgIpc) is 1.04.